The molecule has 6 nitrogen and oxygen atoms in total. The Balaban J connectivity index is 0.00000392. The fourth-order valence-electron chi connectivity index (χ4n) is 2.62. The lowest BCUT2D eigenvalue weighted by Crippen LogP contribution is -2.33. The number of guanidine groups is 1. The SMILES string of the molecule is Cc1cc(C)cc(NC(N)=NCc2ccc(S(=O)(=O)N(C)C(C)C)cc2)c1.I. The van der Waals surface area contributed by atoms with Crippen molar-refractivity contribution >= 4 is 45.6 Å². The third-order valence-corrected chi connectivity index (χ3v) is 6.30. The van der Waals surface area contributed by atoms with Crippen molar-refractivity contribution in [3.05, 3.63) is 59.2 Å². The summed E-state index contributed by atoms with van der Waals surface area (Å²) in [4.78, 5) is 4.60. The Morgan fingerprint density at radius 1 is 1.11 bits per heavy atom. The van der Waals surface area contributed by atoms with Gasteiger partial charge in [-0.05, 0) is 68.7 Å². The van der Waals surface area contributed by atoms with Gasteiger partial charge in [-0.15, -0.1) is 24.0 Å². The van der Waals surface area contributed by atoms with Gasteiger partial charge in [-0.3, -0.25) is 0 Å². The van der Waals surface area contributed by atoms with Gasteiger partial charge in [-0.1, -0.05) is 18.2 Å². The van der Waals surface area contributed by atoms with Crippen LogP contribution in [0.1, 0.15) is 30.5 Å². The number of hydrogen-bond donors (Lipinski definition) is 2. The summed E-state index contributed by atoms with van der Waals surface area (Å²) in [7, 11) is -1.89. The van der Waals surface area contributed by atoms with Crippen LogP contribution >= 0.6 is 24.0 Å². The average molecular weight is 516 g/mol. The number of benzene rings is 2. The molecule has 3 N–H and O–H groups in total. The Kier molecular flexibility index (Phi) is 8.90. The molecule has 0 spiro atoms. The molecule has 8 heteroatoms. The lowest BCUT2D eigenvalue weighted by molar-refractivity contribution is 0.410. The van der Waals surface area contributed by atoms with E-state index in [1.54, 1.807) is 31.3 Å². The van der Waals surface area contributed by atoms with Crippen LogP contribution in [-0.2, 0) is 16.6 Å². The molecule has 0 radical (unpaired) electrons. The van der Waals surface area contributed by atoms with Crippen molar-refractivity contribution in [2.45, 2.75) is 45.2 Å². The lowest BCUT2D eigenvalue weighted by atomic mass is 10.1. The van der Waals surface area contributed by atoms with Gasteiger partial charge in [0.15, 0.2) is 5.96 Å². The number of nitrogens with zero attached hydrogens (tertiary/aromatic N) is 2. The minimum Gasteiger partial charge on any atom is -0.370 e. The quantitative estimate of drug-likeness (QED) is 0.347. The molecule has 0 aliphatic heterocycles. The van der Waals surface area contributed by atoms with Crippen LogP contribution in [0.15, 0.2) is 52.4 Å². The summed E-state index contributed by atoms with van der Waals surface area (Å²) in [5, 5.41) is 3.08. The molecule has 0 amide bonds. The second-order valence-corrected chi connectivity index (χ2v) is 8.96. The van der Waals surface area contributed by atoms with E-state index in [0.717, 1.165) is 22.4 Å². The molecule has 2 aromatic rings. The Labute approximate surface area is 185 Å². The predicted molar refractivity (Wildman–Crippen MR) is 127 cm³/mol. The molecule has 0 unspecified atom stereocenters. The molecular formula is C20H29IN4O2S. The zero-order chi connectivity index (χ0) is 20.2. The van der Waals surface area contributed by atoms with Gasteiger partial charge in [-0.2, -0.15) is 4.31 Å². The number of aliphatic imine (C=N–C) groups is 1. The largest absolute Gasteiger partial charge is 0.370 e. The normalized spacial score (nSPS) is 12.2. The number of nitrogens with two attached hydrogens (primary N) is 1. The van der Waals surface area contributed by atoms with Gasteiger partial charge >= 0.3 is 0 Å². The first-order valence-electron chi connectivity index (χ1n) is 8.82. The number of rotatable bonds is 6. The van der Waals surface area contributed by atoms with Crippen molar-refractivity contribution in [1.82, 2.24) is 4.31 Å². The summed E-state index contributed by atoms with van der Waals surface area (Å²) in [5.74, 6) is 0.316. The summed E-state index contributed by atoms with van der Waals surface area (Å²) >= 11 is 0. The smallest absolute Gasteiger partial charge is 0.243 e. The van der Waals surface area contributed by atoms with E-state index in [1.807, 2.05) is 39.8 Å². The molecule has 0 fully saturated rings. The summed E-state index contributed by atoms with van der Waals surface area (Å²) in [6, 6.07) is 12.7. The molecule has 0 bridgehead atoms. The molecule has 2 rings (SSSR count). The molecular weight excluding hydrogens is 487 g/mol. The highest BCUT2D eigenvalue weighted by molar-refractivity contribution is 14.0. The van der Waals surface area contributed by atoms with Crippen molar-refractivity contribution in [3.8, 4) is 0 Å². The lowest BCUT2D eigenvalue weighted by Gasteiger charge is -2.21. The van der Waals surface area contributed by atoms with Gasteiger partial charge in [0.1, 0.15) is 0 Å². The van der Waals surface area contributed by atoms with E-state index in [1.165, 1.54) is 4.31 Å². The van der Waals surface area contributed by atoms with Crippen LogP contribution in [0.5, 0.6) is 0 Å². The standard InChI is InChI=1S/C20H28N4O2S.HI/c1-14(2)24(5)27(25,26)19-8-6-17(7-9-19)13-22-20(21)23-18-11-15(3)10-16(4)12-18;/h6-12,14H,13H2,1-5H3,(H3,21,22,23);1H. The molecule has 0 heterocycles. The Bertz CT molecular complexity index is 905. The van der Waals surface area contributed by atoms with Gasteiger partial charge in [0.05, 0.1) is 11.4 Å². The van der Waals surface area contributed by atoms with Crippen molar-refractivity contribution in [1.29, 1.82) is 0 Å². The molecule has 0 atom stereocenters. The molecule has 154 valence electrons. The minimum atomic E-state index is -3.47. The maximum absolute atomic E-state index is 12.5. The second-order valence-electron chi connectivity index (χ2n) is 6.96. The maximum atomic E-state index is 12.5. The van der Waals surface area contributed by atoms with Crippen LogP contribution in [0.3, 0.4) is 0 Å². The predicted octanol–water partition coefficient (Wildman–Crippen LogP) is 3.88. The van der Waals surface area contributed by atoms with Gasteiger partial charge in [-0.25, -0.2) is 13.4 Å². The highest BCUT2D eigenvalue weighted by Gasteiger charge is 2.22. The van der Waals surface area contributed by atoms with E-state index in [4.69, 9.17) is 5.73 Å². The van der Waals surface area contributed by atoms with Crippen LogP contribution in [0.2, 0.25) is 0 Å². The van der Waals surface area contributed by atoms with Crippen molar-refractivity contribution in [2.75, 3.05) is 12.4 Å². The van der Waals surface area contributed by atoms with Gasteiger partial charge < -0.3 is 11.1 Å². The average Bonchev–Trinajstić information content (AvgIpc) is 2.58. The molecule has 0 saturated carbocycles. The highest BCUT2D eigenvalue weighted by Crippen LogP contribution is 2.18. The molecule has 0 aromatic heterocycles. The number of hydrogen-bond acceptors (Lipinski definition) is 3. The molecule has 0 aliphatic rings. The summed E-state index contributed by atoms with van der Waals surface area (Å²) in [5.41, 5.74) is 10.0. The zero-order valence-corrected chi connectivity index (χ0v) is 20.1. The van der Waals surface area contributed by atoms with Crippen LogP contribution in [0.25, 0.3) is 0 Å². The van der Waals surface area contributed by atoms with Gasteiger partial charge in [0, 0.05) is 18.8 Å². The minimum absolute atomic E-state index is 0. The first-order valence-corrected chi connectivity index (χ1v) is 10.3. The van der Waals surface area contributed by atoms with Gasteiger partial charge in [0.2, 0.25) is 10.0 Å². The Morgan fingerprint density at radius 3 is 2.14 bits per heavy atom. The monoisotopic (exact) mass is 516 g/mol. The number of sulfonamides is 1. The molecule has 0 saturated heterocycles. The van der Waals surface area contributed by atoms with E-state index in [9.17, 15) is 8.42 Å². The van der Waals surface area contributed by atoms with Crippen molar-refractivity contribution in [2.24, 2.45) is 10.7 Å². The Morgan fingerprint density at radius 2 is 1.64 bits per heavy atom. The van der Waals surface area contributed by atoms with Crippen molar-refractivity contribution in [3.63, 3.8) is 0 Å². The second kappa shape index (κ2) is 10.2. The molecule has 0 aliphatic carbocycles. The van der Waals surface area contributed by atoms with Crippen LogP contribution in [0, 0.1) is 13.8 Å². The number of nitrogens with one attached hydrogen (secondary N) is 1. The number of halogens is 1. The van der Waals surface area contributed by atoms with E-state index < -0.39 is 10.0 Å². The first-order chi connectivity index (χ1) is 12.6. The van der Waals surface area contributed by atoms with Crippen LogP contribution in [0.4, 0.5) is 5.69 Å². The van der Waals surface area contributed by atoms with Crippen LogP contribution < -0.4 is 11.1 Å². The zero-order valence-electron chi connectivity index (χ0n) is 16.9. The number of aryl methyl sites for hydroxylation is 2. The fourth-order valence-corrected chi connectivity index (χ4v) is 3.99. The van der Waals surface area contributed by atoms with Crippen LogP contribution in [-0.4, -0.2) is 31.8 Å². The molecule has 2 aromatic carbocycles. The van der Waals surface area contributed by atoms with E-state index in [-0.39, 0.29) is 34.9 Å². The van der Waals surface area contributed by atoms with E-state index in [2.05, 4.69) is 16.4 Å². The van der Waals surface area contributed by atoms with Crippen molar-refractivity contribution < 1.29 is 8.42 Å². The first kappa shape index (κ1) is 24.4. The topological polar surface area (TPSA) is 87.8 Å². The van der Waals surface area contributed by atoms with E-state index in [0.29, 0.717) is 12.5 Å². The maximum Gasteiger partial charge on any atom is 0.243 e. The summed E-state index contributed by atoms with van der Waals surface area (Å²) < 4.78 is 26.3. The highest BCUT2D eigenvalue weighted by atomic mass is 127. The van der Waals surface area contributed by atoms with Gasteiger partial charge in [0.25, 0.3) is 0 Å². The third-order valence-electron chi connectivity index (χ3n) is 4.25. The number of anilines is 1. The summed E-state index contributed by atoms with van der Waals surface area (Å²) in [6.07, 6.45) is 0. The molecule has 28 heavy (non-hydrogen) atoms. The fraction of sp³-hybridized carbons (Fsp3) is 0.350. The van der Waals surface area contributed by atoms with E-state index >= 15 is 0 Å². The third kappa shape index (κ3) is 6.46. The summed E-state index contributed by atoms with van der Waals surface area (Å²) in [6.45, 7) is 8.10. The Hall–Kier alpha value is -1.65.